The average molecular weight is 429 g/mol. The van der Waals surface area contributed by atoms with Crippen molar-refractivity contribution in [3.05, 3.63) is 57.1 Å². The molecule has 0 radical (unpaired) electrons. The Morgan fingerprint density at radius 1 is 1.11 bits per heavy atom. The van der Waals surface area contributed by atoms with Crippen LogP contribution in [-0.2, 0) is 9.53 Å². The molecule has 1 atom stereocenters. The second kappa shape index (κ2) is 9.98. The lowest BCUT2D eigenvalue weighted by atomic mass is 9.94. The van der Waals surface area contributed by atoms with Gasteiger partial charge in [-0.25, -0.2) is 4.79 Å². The lowest BCUT2D eigenvalue weighted by Crippen LogP contribution is -2.10. The lowest BCUT2D eigenvalue weighted by Gasteiger charge is -2.20. The highest BCUT2D eigenvalue weighted by Gasteiger charge is 2.21. The summed E-state index contributed by atoms with van der Waals surface area (Å²) in [5.41, 5.74) is 1.81. The highest BCUT2D eigenvalue weighted by atomic mass is 35.5. The Morgan fingerprint density at radius 2 is 1.75 bits per heavy atom. The number of carboxylic acids is 1. The molecule has 1 unspecified atom stereocenters. The fraction of sp³-hybridized carbons (Fsp3) is 0.350. The number of carboxylic acid groups (broad SMARTS) is 1. The first-order valence-electron chi connectivity index (χ1n) is 8.51. The number of aliphatic hydroxyl groups is 1. The number of benzene rings is 2. The molecule has 0 saturated heterocycles. The minimum atomic E-state index is -1.12. The number of methoxy groups -OCH3 is 1. The van der Waals surface area contributed by atoms with Gasteiger partial charge in [0.1, 0.15) is 17.6 Å². The van der Waals surface area contributed by atoms with Crippen LogP contribution in [0.15, 0.2) is 30.3 Å². The molecular formula is C20H22Cl2O6. The largest absolute Gasteiger partial charge is 0.482 e. The van der Waals surface area contributed by atoms with E-state index in [2.05, 4.69) is 0 Å². The zero-order chi connectivity index (χ0) is 20.8. The third-order valence-electron chi connectivity index (χ3n) is 3.99. The van der Waals surface area contributed by atoms with Crippen LogP contribution >= 0.6 is 23.2 Å². The molecule has 8 heteroatoms. The minimum Gasteiger partial charge on any atom is -0.482 e. The molecule has 0 saturated carbocycles. The molecule has 0 bridgehead atoms. The molecule has 2 N–H and O–H groups in total. The molecule has 0 aliphatic carbocycles. The molecule has 0 aromatic heterocycles. The summed E-state index contributed by atoms with van der Waals surface area (Å²) in [5.74, 6) is -0.0907. The van der Waals surface area contributed by atoms with E-state index in [-0.39, 0.29) is 28.5 Å². The maximum atomic E-state index is 10.9. The van der Waals surface area contributed by atoms with Gasteiger partial charge in [-0.2, -0.15) is 0 Å². The van der Waals surface area contributed by atoms with Crippen molar-refractivity contribution in [3.8, 4) is 11.5 Å². The Kier molecular flexibility index (Phi) is 7.95. The topological polar surface area (TPSA) is 85.2 Å². The standard InChI is InChI=1S/C20H22Cl2O6/c1-11(2)14-6-12(4-5-17(14)28-10-26-3)20(25)19-15(21)7-13(8-16(19)22)27-9-18(23)24/h4-8,11,20,25H,9-10H2,1-3H3,(H,23,24). The Labute approximate surface area is 173 Å². The number of ether oxygens (including phenoxy) is 3. The average Bonchev–Trinajstić information content (AvgIpc) is 2.63. The second-order valence-electron chi connectivity index (χ2n) is 6.39. The summed E-state index contributed by atoms with van der Waals surface area (Å²) in [4.78, 5) is 10.6. The molecular weight excluding hydrogens is 407 g/mol. The number of aliphatic hydroxyl groups excluding tert-OH is 1. The van der Waals surface area contributed by atoms with E-state index in [1.807, 2.05) is 19.9 Å². The fourth-order valence-electron chi connectivity index (χ4n) is 2.66. The first-order chi connectivity index (χ1) is 13.2. The molecule has 28 heavy (non-hydrogen) atoms. The maximum absolute atomic E-state index is 10.9. The predicted molar refractivity (Wildman–Crippen MR) is 107 cm³/mol. The molecule has 0 fully saturated rings. The van der Waals surface area contributed by atoms with Crippen molar-refractivity contribution in [2.24, 2.45) is 0 Å². The zero-order valence-electron chi connectivity index (χ0n) is 15.7. The van der Waals surface area contributed by atoms with Gasteiger partial charge < -0.3 is 24.4 Å². The highest BCUT2D eigenvalue weighted by molar-refractivity contribution is 6.36. The van der Waals surface area contributed by atoms with Crippen molar-refractivity contribution in [1.29, 1.82) is 0 Å². The summed E-state index contributed by atoms with van der Waals surface area (Å²) in [6, 6.07) is 8.17. The van der Waals surface area contributed by atoms with E-state index in [1.165, 1.54) is 12.1 Å². The van der Waals surface area contributed by atoms with E-state index in [1.54, 1.807) is 19.2 Å². The first-order valence-corrected chi connectivity index (χ1v) is 9.27. The van der Waals surface area contributed by atoms with Gasteiger partial charge in [-0.1, -0.05) is 43.1 Å². The molecule has 2 aromatic carbocycles. The van der Waals surface area contributed by atoms with Crippen LogP contribution in [0, 0.1) is 0 Å². The SMILES string of the molecule is COCOc1ccc(C(O)c2c(Cl)cc(OCC(=O)O)cc2Cl)cc1C(C)C. The number of hydrogen-bond acceptors (Lipinski definition) is 5. The van der Waals surface area contributed by atoms with Gasteiger partial charge in [0.05, 0.1) is 10.0 Å². The molecule has 0 aliphatic rings. The van der Waals surface area contributed by atoms with Gasteiger partial charge in [-0.15, -0.1) is 0 Å². The van der Waals surface area contributed by atoms with Gasteiger partial charge in [-0.3, -0.25) is 0 Å². The van der Waals surface area contributed by atoms with Crippen LogP contribution in [0.1, 0.15) is 42.6 Å². The van der Waals surface area contributed by atoms with Gasteiger partial charge in [0.15, 0.2) is 13.4 Å². The van der Waals surface area contributed by atoms with Crippen molar-refractivity contribution in [2.45, 2.75) is 25.9 Å². The Balaban J connectivity index is 2.36. The summed E-state index contributed by atoms with van der Waals surface area (Å²) in [7, 11) is 1.54. The monoisotopic (exact) mass is 428 g/mol. The molecule has 0 aliphatic heterocycles. The zero-order valence-corrected chi connectivity index (χ0v) is 17.3. The highest BCUT2D eigenvalue weighted by Crippen LogP contribution is 2.39. The van der Waals surface area contributed by atoms with Crippen LogP contribution < -0.4 is 9.47 Å². The summed E-state index contributed by atoms with van der Waals surface area (Å²) in [6.45, 7) is 3.63. The summed E-state index contributed by atoms with van der Waals surface area (Å²) >= 11 is 12.6. The van der Waals surface area contributed by atoms with E-state index in [0.29, 0.717) is 16.9 Å². The summed E-state index contributed by atoms with van der Waals surface area (Å²) in [6.07, 6.45) is -1.08. The molecule has 0 heterocycles. The Hall–Kier alpha value is -1.99. The van der Waals surface area contributed by atoms with E-state index in [9.17, 15) is 9.90 Å². The van der Waals surface area contributed by atoms with Gasteiger partial charge in [0.25, 0.3) is 0 Å². The van der Waals surface area contributed by atoms with Crippen LogP contribution in [0.2, 0.25) is 10.0 Å². The van der Waals surface area contributed by atoms with E-state index >= 15 is 0 Å². The van der Waals surface area contributed by atoms with Gasteiger partial charge in [0.2, 0.25) is 0 Å². The molecule has 2 rings (SSSR count). The van der Waals surface area contributed by atoms with Crippen LogP contribution in [0.5, 0.6) is 11.5 Å². The van der Waals surface area contributed by atoms with Crippen LogP contribution in [-0.4, -0.2) is 36.7 Å². The van der Waals surface area contributed by atoms with Crippen LogP contribution in [0.3, 0.4) is 0 Å². The number of halogens is 2. The molecule has 152 valence electrons. The smallest absolute Gasteiger partial charge is 0.341 e. The Morgan fingerprint density at radius 3 is 2.29 bits per heavy atom. The Bertz CT molecular complexity index is 814. The fourth-order valence-corrected chi connectivity index (χ4v) is 3.33. The predicted octanol–water partition coefficient (Wildman–Crippen LogP) is 4.64. The lowest BCUT2D eigenvalue weighted by molar-refractivity contribution is -0.139. The third-order valence-corrected chi connectivity index (χ3v) is 4.62. The van der Waals surface area contributed by atoms with E-state index in [0.717, 1.165) is 5.56 Å². The summed E-state index contributed by atoms with van der Waals surface area (Å²) in [5, 5.41) is 19.9. The van der Waals surface area contributed by atoms with E-state index < -0.39 is 18.7 Å². The number of rotatable bonds is 9. The van der Waals surface area contributed by atoms with Crippen LogP contribution in [0.25, 0.3) is 0 Å². The number of hydrogen-bond donors (Lipinski definition) is 2. The quantitative estimate of drug-likeness (QED) is 0.565. The molecule has 0 spiro atoms. The third kappa shape index (κ3) is 5.52. The van der Waals surface area contributed by atoms with Crippen molar-refractivity contribution in [3.63, 3.8) is 0 Å². The normalized spacial score (nSPS) is 12.1. The van der Waals surface area contributed by atoms with Crippen molar-refractivity contribution in [1.82, 2.24) is 0 Å². The number of carbonyl (C=O) groups is 1. The van der Waals surface area contributed by atoms with Crippen molar-refractivity contribution in [2.75, 3.05) is 20.5 Å². The van der Waals surface area contributed by atoms with Gasteiger partial charge >= 0.3 is 5.97 Å². The molecule has 6 nitrogen and oxygen atoms in total. The minimum absolute atomic E-state index is 0.122. The van der Waals surface area contributed by atoms with Crippen molar-refractivity contribution < 1.29 is 29.2 Å². The molecule has 0 amide bonds. The summed E-state index contributed by atoms with van der Waals surface area (Å²) < 4.78 is 15.6. The first kappa shape index (κ1) is 22.3. The maximum Gasteiger partial charge on any atom is 0.341 e. The van der Waals surface area contributed by atoms with Crippen LogP contribution in [0.4, 0.5) is 0 Å². The van der Waals surface area contributed by atoms with E-state index in [4.69, 9.17) is 42.5 Å². The molecule has 2 aromatic rings. The van der Waals surface area contributed by atoms with Gasteiger partial charge in [0, 0.05) is 12.7 Å². The van der Waals surface area contributed by atoms with Crippen molar-refractivity contribution >= 4 is 29.2 Å². The second-order valence-corrected chi connectivity index (χ2v) is 7.20. The number of aliphatic carboxylic acids is 1. The van der Waals surface area contributed by atoms with Gasteiger partial charge in [-0.05, 0) is 41.3 Å².